The molecule has 1 aromatic rings. The minimum atomic E-state index is -4.69. The minimum Gasteiger partial charge on any atom is -0.478 e. The molecule has 0 aliphatic carbocycles. The number of carboxylic acid groups (broad SMARTS) is 1. The van der Waals surface area contributed by atoms with Gasteiger partial charge in [-0.05, 0) is 18.9 Å². The molecule has 0 saturated heterocycles. The number of alkyl halides is 3. The summed E-state index contributed by atoms with van der Waals surface area (Å²) >= 11 is 0. The Morgan fingerprint density at radius 3 is 2.29 bits per heavy atom. The second kappa shape index (κ2) is 4.35. The van der Waals surface area contributed by atoms with Crippen molar-refractivity contribution in [2.45, 2.75) is 32.9 Å². The van der Waals surface area contributed by atoms with E-state index < -0.39 is 23.3 Å². The van der Waals surface area contributed by atoms with Crippen molar-refractivity contribution in [1.82, 2.24) is 4.98 Å². The molecule has 94 valence electrons. The third-order valence-corrected chi connectivity index (χ3v) is 2.33. The standard InChI is InChI=1S/C11H12F3NO2/c1-5(2)8-4-7(11(12,13)14)9(10(16)17)6(3)15-8/h4-5H,1-3H3,(H,16,17). The first kappa shape index (κ1) is 13.5. The fourth-order valence-corrected chi connectivity index (χ4v) is 1.49. The monoisotopic (exact) mass is 247 g/mol. The van der Waals surface area contributed by atoms with Crippen molar-refractivity contribution in [3.05, 3.63) is 28.6 Å². The molecule has 0 unspecified atom stereocenters. The van der Waals surface area contributed by atoms with Crippen molar-refractivity contribution in [3.63, 3.8) is 0 Å². The first-order valence-corrected chi connectivity index (χ1v) is 4.96. The Kier molecular flexibility index (Phi) is 3.45. The molecule has 0 aliphatic heterocycles. The lowest BCUT2D eigenvalue weighted by atomic mass is 10.0. The lowest BCUT2D eigenvalue weighted by Gasteiger charge is -2.15. The van der Waals surface area contributed by atoms with Gasteiger partial charge in [-0.25, -0.2) is 4.79 Å². The van der Waals surface area contributed by atoms with Gasteiger partial charge in [-0.3, -0.25) is 4.98 Å². The minimum absolute atomic E-state index is 0.115. The predicted molar refractivity (Wildman–Crippen MR) is 55.0 cm³/mol. The lowest BCUT2D eigenvalue weighted by molar-refractivity contribution is -0.138. The number of halogens is 3. The average molecular weight is 247 g/mol. The molecule has 1 rings (SSSR count). The third-order valence-electron chi connectivity index (χ3n) is 2.33. The molecule has 1 N–H and O–H groups in total. The number of pyridine rings is 1. The van der Waals surface area contributed by atoms with E-state index >= 15 is 0 Å². The van der Waals surface area contributed by atoms with Crippen LogP contribution >= 0.6 is 0 Å². The SMILES string of the molecule is Cc1nc(C(C)C)cc(C(F)(F)F)c1C(=O)O. The van der Waals surface area contributed by atoms with Crippen LogP contribution in [0.4, 0.5) is 13.2 Å². The van der Waals surface area contributed by atoms with E-state index in [-0.39, 0.29) is 17.3 Å². The van der Waals surface area contributed by atoms with Gasteiger partial charge < -0.3 is 5.11 Å². The second-order valence-corrected chi connectivity index (χ2v) is 4.01. The van der Waals surface area contributed by atoms with Gasteiger partial charge in [0.15, 0.2) is 0 Å². The van der Waals surface area contributed by atoms with Crippen molar-refractivity contribution in [2.75, 3.05) is 0 Å². The van der Waals surface area contributed by atoms with Crippen molar-refractivity contribution in [1.29, 1.82) is 0 Å². The zero-order chi connectivity index (χ0) is 13.4. The summed E-state index contributed by atoms with van der Waals surface area (Å²) in [6.45, 7) is 4.66. The summed E-state index contributed by atoms with van der Waals surface area (Å²) in [6, 6.07) is 0.807. The highest BCUT2D eigenvalue weighted by Crippen LogP contribution is 2.34. The molecule has 0 atom stereocenters. The maximum atomic E-state index is 12.7. The molecule has 0 aromatic carbocycles. The number of carboxylic acids is 1. The van der Waals surface area contributed by atoms with Gasteiger partial charge in [0.05, 0.1) is 16.8 Å². The summed E-state index contributed by atoms with van der Waals surface area (Å²) in [7, 11) is 0. The molecule has 0 fully saturated rings. The highest BCUT2D eigenvalue weighted by atomic mass is 19.4. The molecule has 0 amide bonds. The van der Waals surface area contributed by atoms with Gasteiger partial charge in [0.25, 0.3) is 0 Å². The maximum Gasteiger partial charge on any atom is 0.417 e. The number of rotatable bonds is 2. The van der Waals surface area contributed by atoms with Crippen LogP contribution in [-0.2, 0) is 6.18 Å². The smallest absolute Gasteiger partial charge is 0.417 e. The molecule has 3 nitrogen and oxygen atoms in total. The van der Waals surface area contributed by atoms with Crippen molar-refractivity contribution in [3.8, 4) is 0 Å². The molecule has 0 spiro atoms. The van der Waals surface area contributed by atoms with Crippen LogP contribution in [-0.4, -0.2) is 16.1 Å². The van der Waals surface area contributed by atoms with Gasteiger partial charge in [-0.1, -0.05) is 13.8 Å². The Bertz CT molecular complexity index is 453. The zero-order valence-electron chi connectivity index (χ0n) is 9.59. The molecule has 0 radical (unpaired) electrons. The number of carbonyl (C=O) groups is 1. The number of aromatic nitrogens is 1. The lowest BCUT2D eigenvalue weighted by Crippen LogP contribution is -2.17. The average Bonchev–Trinajstić information content (AvgIpc) is 2.14. The molecular weight excluding hydrogens is 235 g/mol. The molecule has 0 bridgehead atoms. The molecular formula is C11H12F3NO2. The van der Waals surface area contributed by atoms with Crippen LogP contribution < -0.4 is 0 Å². The maximum absolute atomic E-state index is 12.7. The van der Waals surface area contributed by atoms with Gasteiger partial charge in [0.2, 0.25) is 0 Å². The third kappa shape index (κ3) is 2.75. The largest absolute Gasteiger partial charge is 0.478 e. The first-order valence-electron chi connectivity index (χ1n) is 4.96. The summed E-state index contributed by atoms with van der Waals surface area (Å²) in [4.78, 5) is 14.7. The number of nitrogens with zero attached hydrogens (tertiary/aromatic N) is 1. The number of hydrogen-bond donors (Lipinski definition) is 1. The van der Waals surface area contributed by atoms with E-state index in [9.17, 15) is 18.0 Å². The van der Waals surface area contributed by atoms with Crippen molar-refractivity contribution in [2.24, 2.45) is 0 Å². The van der Waals surface area contributed by atoms with E-state index in [0.717, 1.165) is 6.07 Å². The highest BCUT2D eigenvalue weighted by molar-refractivity contribution is 5.90. The van der Waals surface area contributed by atoms with Crippen LogP contribution in [0.15, 0.2) is 6.07 Å². The highest BCUT2D eigenvalue weighted by Gasteiger charge is 2.37. The summed E-state index contributed by atoms with van der Waals surface area (Å²) < 4.78 is 38.2. The summed E-state index contributed by atoms with van der Waals surface area (Å²) in [5.41, 5.74) is -1.79. The van der Waals surface area contributed by atoms with Gasteiger partial charge in [-0.2, -0.15) is 13.2 Å². The van der Waals surface area contributed by atoms with Crippen LogP contribution in [0.2, 0.25) is 0 Å². The van der Waals surface area contributed by atoms with E-state index in [2.05, 4.69) is 4.98 Å². The predicted octanol–water partition coefficient (Wildman–Crippen LogP) is 3.23. The Labute approximate surface area is 96.3 Å². The van der Waals surface area contributed by atoms with E-state index in [1.165, 1.54) is 6.92 Å². The van der Waals surface area contributed by atoms with Crippen molar-refractivity contribution < 1.29 is 23.1 Å². The zero-order valence-corrected chi connectivity index (χ0v) is 9.59. The van der Waals surface area contributed by atoms with Gasteiger partial charge in [0.1, 0.15) is 0 Å². The summed E-state index contributed by atoms with van der Waals surface area (Å²) in [6.07, 6.45) is -4.69. The fraction of sp³-hybridized carbons (Fsp3) is 0.455. The number of aromatic carboxylic acids is 1. The van der Waals surface area contributed by atoms with E-state index in [0.29, 0.717) is 0 Å². The quantitative estimate of drug-likeness (QED) is 0.872. The molecule has 0 saturated carbocycles. The van der Waals surface area contributed by atoms with Gasteiger partial charge in [-0.15, -0.1) is 0 Å². The Balaban J connectivity index is 3.57. The van der Waals surface area contributed by atoms with E-state index in [4.69, 9.17) is 5.11 Å². The second-order valence-electron chi connectivity index (χ2n) is 4.01. The van der Waals surface area contributed by atoms with E-state index in [1.54, 1.807) is 13.8 Å². The van der Waals surface area contributed by atoms with Crippen LogP contribution in [0.25, 0.3) is 0 Å². The van der Waals surface area contributed by atoms with Gasteiger partial charge in [0, 0.05) is 5.69 Å². The van der Waals surface area contributed by atoms with Crippen LogP contribution in [0.5, 0.6) is 0 Å². The van der Waals surface area contributed by atoms with Crippen LogP contribution in [0.3, 0.4) is 0 Å². The molecule has 1 aromatic heterocycles. The molecule has 17 heavy (non-hydrogen) atoms. The summed E-state index contributed by atoms with van der Waals surface area (Å²) in [5, 5.41) is 8.80. The van der Waals surface area contributed by atoms with Gasteiger partial charge >= 0.3 is 12.1 Å². The van der Waals surface area contributed by atoms with E-state index in [1.807, 2.05) is 0 Å². The number of hydrogen-bond acceptors (Lipinski definition) is 2. The fourth-order valence-electron chi connectivity index (χ4n) is 1.49. The molecule has 0 aliphatic rings. The Morgan fingerprint density at radius 1 is 1.41 bits per heavy atom. The van der Waals surface area contributed by atoms with Crippen LogP contribution in [0, 0.1) is 6.92 Å². The topological polar surface area (TPSA) is 50.2 Å². The van der Waals surface area contributed by atoms with Crippen molar-refractivity contribution >= 4 is 5.97 Å². The van der Waals surface area contributed by atoms with Crippen LogP contribution in [0.1, 0.15) is 47.1 Å². The molecule has 1 heterocycles. The molecule has 6 heteroatoms. The normalized spacial score (nSPS) is 11.9. The Hall–Kier alpha value is -1.59. The Morgan fingerprint density at radius 2 is 1.94 bits per heavy atom. The number of aryl methyl sites for hydroxylation is 1. The first-order chi connectivity index (χ1) is 7.64. The summed E-state index contributed by atoms with van der Waals surface area (Å²) in [5.74, 6) is -1.81.